The van der Waals surface area contributed by atoms with Crippen molar-refractivity contribution >= 4 is 41.2 Å². The van der Waals surface area contributed by atoms with Gasteiger partial charge in [0.05, 0.1) is 6.61 Å². The van der Waals surface area contributed by atoms with Crippen LogP contribution in [0.25, 0.3) is 6.08 Å². The maximum absolute atomic E-state index is 12.4. The molecular formula is C22H25ClN4O3. The lowest BCUT2D eigenvalue weighted by molar-refractivity contribution is -0.137. The number of urea groups is 1. The Balaban J connectivity index is 1.44. The van der Waals surface area contributed by atoms with E-state index in [1.807, 2.05) is 17.0 Å². The van der Waals surface area contributed by atoms with Crippen LogP contribution in [0.3, 0.4) is 0 Å². The first kappa shape index (κ1) is 21.6. The predicted molar refractivity (Wildman–Crippen MR) is 119 cm³/mol. The summed E-state index contributed by atoms with van der Waals surface area (Å²) < 4.78 is 4.85. The summed E-state index contributed by atoms with van der Waals surface area (Å²) in [7, 11) is 0. The Hall–Kier alpha value is -3.06. The van der Waals surface area contributed by atoms with E-state index in [1.54, 1.807) is 43.5 Å². The third-order valence-corrected chi connectivity index (χ3v) is 4.97. The van der Waals surface area contributed by atoms with E-state index in [1.165, 1.54) is 6.08 Å². The van der Waals surface area contributed by atoms with Crippen molar-refractivity contribution in [2.45, 2.75) is 25.8 Å². The number of benzene rings is 1. The Bertz CT molecular complexity index is 876. The lowest BCUT2D eigenvalue weighted by atomic mass is 10.1. The van der Waals surface area contributed by atoms with Crippen LogP contribution in [0, 0.1) is 0 Å². The fourth-order valence-electron chi connectivity index (χ4n) is 3.12. The van der Waals surface area contributed by atoms with Gasteiger partial charge in [-0.1, -0.05) is 11.6 Å². The number of aromatic nitrogens is 1. The molecule has 2 aromatic rings. The number of nitrogens with one attached hydrogen (secondary N) is 2. The second-order valence-electron chi connectivity index (χ2n) is 6.90. The molecule has 0 spiro atoms. The van der Waals surface area contributed by atoms with Crippen LogP contribution in [-0.2, 0) is 9.53 Å². The zero-order valence-corrected chi connectivity index (χ0v) is 17.6. The molecule has 3 rings (SSSR count). The standard InChI is InChI=1S/C22H25ClN4O3/c1-2-30-21(28)10-4-16-3-9-20(24-15-16)25-19-11-13-27(14-12-19)22(29)26-18-7-5-17(23)6-8-18/h3-10,15,19H,2,11-14H2,1H3,(H,24,25)(H,26,29)/b10-4+. The van der Waals surface area contributed by atoms with Crippen LogP contribution >= 0.6 is 11.6 Å². The van der Waals surface area contributed by atoms with Gasteiger partial charge in [0.25, 0.3) is 0 Å². The first-order chi connectivity index (χ1) is 14.5. The molecule has 1 aromatic carbocycles. The average molecular weight is 429 g/mol. The second-order valence-corrected chi connectivity index (χ2v) is 7.34. The van der Waals surface area contributed by atoms with E-state index >= 15 is 0 Å². The molecule has 30 heavy (non-hydrogen) atoms. The highest BCUT2D eigenvalue weighted by Gasteiger charge is 2.23. The molecule has 1 saturated heterocycles. The Labute approximate surface area is 181 Å². The second kappa shape index (κ2) is 10.6. The van der Waals surface area contributed by atoms with Gasteiger partial charge in [0.15, 0.2) is 0 Å². The molecule has 0 bridgehead atoms. The number of carbonyl (C=O) groups is 2. The molecule has 1 aromatic heterocycles. The quantitative estimate of drug-likeness (QED) is 0.525. The molecular weight excluding hydrogens is 404 g/mol. The number of piperidine rings is 1. The van der Waals surface area contributed by atoms with Crippen molar-refractivity contribution in [3.8, 4) is 0 Å². The van der Waals surface area contributed by atoms with Gasteiger partial charge in [0.1, 0.15) is 5.82 Å². The summed E-state index contributed by atoms with van der Waals surface area (Å²) in [5.74, 6) is 0.402. The number of nitrogens with zero attached hydrogens (tertiary/aromatic N) is 2. The van der Waals surface area contributed by atoms with Crippen molar-refractivity contribution in [2.75, 3.05) is 30.3 Å². The summed E-state index contributed by atoms with van der Waals surface area (Å²) in [6, 6.07) is 11.0. The van der Waals surface area contributed by atoms with E-state index < -0.39 is 0 Å². The number of halogens is 1. The zero-order valence-electron chi connectivity index (χ0n) is 16.8. The van der Waals surface area contributed by atoms with Gasteiger partial charge in [-0.15, -0.1) is 0 Å². The van der Waals surface area contributed by atoms with Crippen molar-refractivity contribution in [1.82, 2.24) is 9.88 Å². The van der Waals surface area contributed by atoms with E-state index in [2.05, 4.69) is 15.6 Å². The molecule has 8 heteroatoms. The van der Waals surface area contributed by atoms with Gasteiger partial charge in [0, 0.05) is 42.1 Å². The van der Waals surface area contributed by atoms with E-state index in [0.29, 0.717) is 24.7 Å². The number of rotatable bonds is 6. The number of esters is 1. The lowest BCUT2D eigenvalue weighted by Gasteiger charge is -2.32. The average Bonchev–Trinajstić information content (AvgIpc) is 2.75. The van der Waals surface area contributed by atoms with Crippen molar-refractivity contribution in [2.24, 2.45) is 0 Å². The Morgan fingerprint density at radius 2 is 1.93 bits per heavy atom. The highest BCUT2D eigenvalue weighted by atomic mass is 35.5. The molecule has 0 radical (unpaired) electrons. The summed E-state index contributed by atoms with van der Waals surface area (Å²) in [5, 5.41) is 6.94. The number of anilines is 2. The lowest BCUT2D eigenvalue weighted by Crippen LogP contribution is -2.44. The molecule has 0 unspecified atom stereocenters. The number of likely N-dealkylation sites (tertiary alicyclic amines) is 1. The first-order valence-corrected chi connectivity index (χ1v) is 10.3. The Morgan fingerprint density at radius 3 is 2.57 bits per heavy atom. The molecule has 2 N–H and O–H groups in total. The first-order valence-electron chi connectivity index (χ1n) is 9.92. The molecule has 2 heterocycles. The fraction of sp³-hybridized carbons (Fsp3) is 0.318. The van der Waals surface area contributed by atoms with Crippen molar-refractivity contribution in [3.63, 3.8) is 0 Å². The molecule has 158 valence electrons. The van der Waals surface area contributed by atoms with Gasteiger partial charge in [-0.25, -0.2) is 14.6 Å². The van der Waals surface area contributed by atoms with Crippen molar-refractivity contribution in [1.29, 1.82) is 0 Å². The van der Waals surface area contributed by atoms with Gasteiger partial charge >= 0.3 is 12.0 Å². The largest absolute Gasteiger partial charge is 0.463 e. The maximum Gasteiger partial charge on any atom is 0.330 e. The van der Waals surface area contributed by atoms with Crippen LogP contribution in [-0.4, -0.2) is 47.6 Å². The van der Waals surface area contributed by atoms with Crippen LogP contribution < -0.4 is 10.6 Å². The third-order valence-electron chi connectivity index (χ3n) is 4.71. The highest BCUT2D eigenvalue weighted by Crippen LogP contribution is 2.18. The van der Waals surface area contributed by atoms with Crippen LogP contribution in [0.2, 0.25) is 5.02 Å². The topological polar surface area (TPSA) is 83.6 Å². The minimum atomic E-state index is -0.369. The van der Waals surface area contributed by atoms with E-state index in [0.717, 1.165) is 29.9 Å². The monoisotopic (exact) mass is 428 g/mol. The van der Waals surface area contributed by atoms with E-state index in [4.69, 9.17) is 16.3 Å². The molecule has 0 aliphatic carbocycles. The Morgan fingerprint density at radius 1 is 1.20 bits per heavy atom. The summed E-state index contributed by atoms with van der Waals surface area (Å²) in [4.78, 5) is 30.0. The van der Waals surface area contributed by atoms with E-state index in [9.17, 15) is 9.59 Å². The number of amides is 2. The molecule has 1 aliphatic rings. The minimum absolute atomic E-state index is 0.105. The van der Waals surface area contributed by atoms with Crippen LogP contribution in [0.1, 0.15) is 25.3 Å². The van der Waals surface area contributed by atoms with Crippen LogP contribution in [0.5, 0.6) is 0 Å². The molecule has 1 aliphatic heterocycles. The number of pyridine rings is 1. The predicted octanol–water partition coefficient (Wildman–Crippen LogP) is 4.42. The van der Waals surface area contributed by atoms with Crippen molar-refractivity contribution < 1.29 is 14.3 Å². The van der Waals surface area contributed by atoms with Gasteiger partial charge < -0.3 is 20.3 Å². The summed E-state index contributed by atoms with van der Waals surface area (Å²) in [6.45, 7) is 3.45. The Kier molecular flexibility index (Phi) is 7.68. The van der Waals surface area contributed by atoms with Crippen LogP contribution in [0.4, 0.5) is 16.3 Å². The smallest absolute Gasteiger partial charge is 0.330 e. The van der Waals surface area contributed by atoms with Crippen LogP contribution in [0.15, 0.2) is 48.7 Å². The van der Waals surface area contributed by atoms with Crippen molar-refractivity contribution in [3.05, 3.63) is 59.3 Å². The van der Waals surface area contributed by atoms with Gasteiger partial charge in [-0.2, -0.15) is 0 Å². The minimum Gasteiger partial charge on any atom is -0.463 e. The summed E-state index contributed by atoms with van der Waals surface area (Å²) >= 11 is 5.87. The molecule has 0 saturated carbocycles. The normalized spacial score (nSPS) is 14.5. The zero-order chi connectivity index (χ0) is 21.3. The molecule has 2 amide bonds. The van der Waals surface area contributed by atoms with Gasteiger partial charge in [-0.3, -0.25) is 0 Å². The highest BCUT2D eigenvalue weighted by molar-refractivity contribution is 6.30. The van der Waals surface area contributed by atoms with E-state index in [-0.39, 0.29) is 18.0 Å². The molecule has 0 atom stereocenters. The third kappa shape index (κ3) is 6.49. The summed E-state index contributed by atoms with van der Waals surface area (Å²) in [6.07, 6.45) is 6.43. The van der Waals surface area contributed by atoms with Gasteiger partial charge in [0.2, 0.25) is 0 Å². The van der Waals surface area contributed by atoms with Gasteiger partial charge in [-0.05, 0) is 67.8 Å². The molecule has 1 fully saturated rings. The summed E-state index contributed by atoms with van der Waals surface area (Å²) in [5.41, 5.74) is 1.55. The fourth-order valence-corrected chi connectivity index (χ4v) is 3.24. The number of hydrogen-bond acceptors (Lipinski definition) is 5. The molecule has 7 nitrogen and oxygen atoms in total. The number of carbonyl (C=O) groups excluding carboxylic acids is 2. The maximum atomic E-state index is 12.4. The number of ether oxygens (including phenoxy) is 1. The number of hydrogen-bond donors (Lipinski definition) is 2. The SMILES string of the molecule is CCOC(=O)/C=C/c1ccc(NC2CCN(C(=O)Nc3ccc(Cl)cc3)CC2)nc1.